The van der Waals surface area contributed by atoms with Crippen molar-refractivity contribution in [1.82, 2.24) is 29.9 Å². The molecule has 0 spiro atoms. The number of hydrogen-bond donors (Lipinski definition) is 4. The number of benzene rings is 6. The van der Waals surface area contributed by atoms with Gasteiger partial charge in [0.05, 0.1) is 22.8 Å². The highest BCUT2D eigenvalue weighted by atomic mass is 16.1. The number of fused-ring (bicyclic) bond motifs is 2. The zero-order valence-electron chi connectivity index (χ0n) is 29.0. The first-order chi connectivity index (χ1) is 26.7. The number of rotatable bonds is 8. The maximum Gasteiger partial charge on any atom is 0.193 e. The first-order valence-electron chi connectivity index (χ1n) is 17.9. The van der Waals surface area contributed by atoms with E-state index in [1.54, 1.807) is 0 Å². The van der Waals surface area contributed by atoms with Crippen molar-refractivity contribution in [3.63, 3.8) is 0 Å². The van der Waals surface area contributed by atoms with Gasteiger partial charge >= 0.3 is 0 Å². The summed E-state index contributed by atoms with van der Waals surface area (Å²) in [6.07, 6.45) is 3.99. The van der Waals surface area contributed by atoms with Crippen molar-refractivity contribution in [1.29, 1.82) is 0 Å². The third-order valence-corrected chi connectivity index (χ3v) is 10.1. The number of nitrogens with zero attached hydrogens (tertiary/aromatic N) is 2. The normalized spacial score (nSPS) is 11.4. The van der Waals surface area contributed by atoms with Gasteiger partial charge in [0.25, 0.3) is 0 Å². The quantitative estimate of drug-likeness (QED) is 0.119. The van der Waals surface area contributed by atoms with Crippen LogP contribution in [-0.4, -0.2) is 35.7 Å². The molecule has 0 saturated heterocycles. The molecule has 0 bridgehead atoms. The zero-order valence-corrected chi connectivity index (χ0v) is 29.0. The number of carbonyl (C=O) groups excluding carboxylic acids is 1. The molecule has 0 radical (unpaired) electrons. The first-order valence-corrected chi connectivity index (χ1v) is 17.9. The first kappa shape index (κ1) is 31.2. The molecular formula is C47H32N6O. The summed E-state index contributed by atoms with van der Waals surface area (Å²) in [7, 11) is 0. The molecule has 0 fully saturated rings. The summed E-state index contributed by atoms with van der Waals surface area (Å²) in [5.41, 5.74) is 12.7. The smallest absolute Gasteiger partial charge is 0.193 e. The Balaban J connectivity index is 0.965. The van der Waals surface area contributed by atoms with E-state index in [9.17, 15) is 4.79 Å². The number of ketones is 1. The van der Waals surface area contributed by atoms with Crippen molar-refractivity contribution in [3.05, 3.63) is 181 Å². The standard InChI is InChI=1S/C47H32N6O/c54-45(33-23-19-31(20-24-33)43-41(29-11-3-1-4-12-29)50-46(52-43)37-27-48-39-17-9-7-15-35(37)39)34-25-21-32(22-26-34)44-42(30-13-5-2-6-14-30)51-47(53-44)38-28-49-40-18-10-8-16-36(38)40/h1-28,48-49H,(H,50,52)(H,51,53). The molecule has 0 aliphatic carbocycles. The second-order valence-corrected chi connectivity index (χ2v) is 13.3. The van der Waals surface area contributed by atoms with Crippen LogP contribution in [0.4, 0.5) is 0 Å². The van der Waals surface area contributed by atoms with Gasteiger partial charge in [-0.3, -0.25) is 4.79 Å². The van der Waals surface area contributed by atoms with Crippen LogP contribution >= 0.6 is 0 Å². The van der Waals surface area contributed by atoms with E-state index in [4.69, 9.17) is 9.97 Å². The molecule has 7 nitrogen and oxygen atoms in total. The third kappa shape index (κ3) is 5.43. The number of carbonyl (C=O) groups is 1. The topological polar surface area (TPSA) is 106 Å². The molecule has 0 amide bonds. The monoisotopic (exact) mass is 696 g/mol. The zero-order chi connectivity index (χ0) is 36.0. The van der Waals surface area contributed by atoms with E-state index < -0.39 is 0 Å². The predicted molar refractivity (Wildman–Crippen MR) is 217 cm³/mol. The summed E-state index contributed by atoms with van der Waals surface area (Å²) >= 11 is 0. The molecule has 0 aliphatic rings. The van der Waals surface area contributed by atoms with E-state index >= 15 is 0 Å². The van der Waals surface area contributed by atoms with Crippen LogP contribution in [0.3, 0.4) is 0 Å². The van der Waals surface area contributed by atoms with Crippen LogP contribution in [0.25, 0.3) is 89.6 Å². The van der Waals surface area contributed by atoms with Gasteiger partial charge < -0.3 is 19.9 Å². The number of aromatic nitrogens is 6. The largest absolute Gasteiger partial charge is 0.360 e. The van der Waals surface area contributed by atoms with Crippen molar-refractivity contribution in [2.24, 2.45) is 0 Å². The molecule has 10 rings (SSSR count). The SMILES string of the molecule is O=C(c1ccc(-c2nc(-c3c[nH]c4ccccc34)[nH]c2-c2ccccc2)cc1)c1ccc(-c2[nH]c(-c3c[nH]c4ccccc34)nc2-c2ccccc2)cc1. The van der Waals surface area contributed by atoms with Gasteiger partial charge in [0.1, 0.15) is 11.6 Å². The van der Waals surface area contributed by atoms with Crippen LogP contribution in [-0.2, 0) is 0 Å². The number of para-hydroxylation sites is 2. The van der Waals surface area contributed by atoms with Crippen LogP contribution < -0.4 is 0 Å². The molecule has 0 atom stereocenters. The molecule has 6 aromatic carbocycles. The number of hydrogen-bond acceptors (Lipinski definition) is 3. The molecule has 0 saturated carbocycles. The Labute approximate surface area is 310 Å². The second-order valence-electron chi connectivity index (χ2n) is 13.3. The maximum absolute atomic E-state index is 13.8. The molecular weight excluding hydrogens is 665 g/mol. The Hall–Kier alpha value is -7.51. The lowest BCUT2D eigenvalue weighted by atomic mass is 9.98. The van der Waals surface area contributed by atoms with Crippen molar-refractivity contribution in [2.75, 3.05) is 0 Å². The van der Waals surface area contributed by atoms with Crippen LogP contribution in [0.15, 0.2) is 170 Å². The van der Waals surface area contributed by atoms with Gasteiger partial charge in [0.15, 0.2) is 5.78 Å². The van der Waals surface area contributed by atoms with Gasteiger partial charge in [-0.2, -0.15) is 0 Å². The highest BCUT2D eigenvalue weighted by Gasteiger charge is 2.20. The van der Waals surface area contributed by atoms with Crippen molar-refractivity contribution >= 4 is 27.6 Å². The fourth-order valence-electron chi connectivity index (χ4n) is 7.31. The fraction of sp³-hybridized carbons (Fsp3) is 0. The molecule has 256 valence electrons. The lowest BCUT2D eigenvalue weighted by molar-refractivity contribution is 0.103. The van der Waals surface area contributed by atoms with Crippen LogP contribution in [0.5, 0.6) is 0 Å². The second kappa shape index (κ2) is 12.9. The Morgan fingerprint density at radius 2 is 0.796 bits per heavy atom. The third-order valence-electron chi connectivity index (χ3n) is 10.1. The van der Waals surface area contributed by atoms with E-state index in [0.29, 0.717) is 11.1 Å². The van der Waals surface area contributed by atoms with Crippen molar-refractivity contribution in [3.8, 4) is 67.8 Å². The van der Waals surface area contributed by atoms with E-state index in [0.717, 1.165) is 89.6 Å². The lowest BCUT2D eigenvalue weighted by Gasteiger charge is -2.07. The van der Waals surface area contributed by atoms with Crippen molar-refractivity contribution < 1.29 is 4.79 Å². The minimum Gasteiger partial charge on any atom is -0.360 e. The predicted octanol–water partition coefficient (Wildman–Crippen LogP) is 11.3. The molecule has 7 heteroatoms. The van der Waals surface area contributed by atoms with Crippen LogP contribution in [0.1, 0.15) is 15.9 Å². The summed E-state index contributed by atoms with van der Waals surface area (Å²) in [6.45, 7) is 0. The van der Waals surface area contributed by atoms with Gasteiger partial charge in [0, 0.05) is 78.7 Å². The highest BCUT2D eigenvalue weighted by molar-refractivity contribution is 6.09. The van der Waals surface area contributed by atoms with Gasteiger partial charge in [-0.1, -0.05) is 146 Å². The average Bonchev–Trinajstić information content (AvgIpc) is 4.06. The van der Waals surface area contributed by atoms with Crippen LogP contribution in [0, 0.1) is 0 Å². The van der Waals surface area contributed by atoms with Crippen molar-refractivity contribution in [2.45, 2.75) is 0 Å². The highest BCUT2D eigenvalue weighted by Crippen LogP contribution is 2.37. The Morgan fingerprint density at radius 1 is 0.407 bits per heavy atom. The molecule has 0 aliphatic heterocycles. The van der Waals surface area contributed by atoms with E-state index in [1.807, 2.05) is 122 Å². The van der Waals surface area contributed by atoms with Gasteiger partial charge in [-0.05, 0) is 12.1 Å². The minimum absolute atomic E-state index is 0.0507. The summed E-state index contributed by atoms with van der Waals surface area (Å²) < 4.78 is 0. The van der Waals surface area contributed by atoms with Crippen LogP contribution in [0.2, 0.25) is 0 Å². The Bertz CT molecular complexity index is 2730. The van der Waals surface area contributed by atoms with E-state index in [2.05, 4.69) is 68.5 Å². The van der Waals surface area contributed by atoms with E-state index in [-0.39, 0.29) is 5.78 Å². The van der Waals surface area contributed by atoms with E-state index in [1.165, 1.54) is 0 Å². The maximum atomic E-state index is 13.8. The molecule has 4 heterocycles. The summed E-state index contributed by atoms with van der Waals surface area (Å²) in [6, 6.07) is 52.3. The number of H-pyrrole nitrogens is 4. The Morgan fingerprint density at radius 3 is 1.30 bits per heavy atom. The van der Waals surface area contributed by atoms with Gasteiger partial charge in [0.2, 0.25) is 0 Å². The molecule has 0 unspecified atom stereocenters. The Kier molecular flexibility index (Phi) is 7.47. The fourth-order valence-corrected chi connectivity index (χ4v) is 7.31. The summed E-state index contributed by atoms with van der Waals surface area (Å²) in [5, 5.41) is 2.20. The minimum atomic E-state index is -0.0507. The molecule has 10 aromatic rings. The molecule has 4 N–H and O–H groups in total. The number of aromatic amines is 4. The number of imidazole rings is 2. The average molecular weight is 697 g/mol. The summed E-state index contributed by atoms with van der Waals surface area (Å²) in [4.78, 5) is 38.0. The molecule has 54 heavy (non-hydrogen) atoms. The summed E-state index contributed by atoms with van der Waals surface area (Å²) in [5.74, 6) is 1.51. The number of nitrogens with one attached hydrogen (secondary N) is 4. The van der Waals surface area contributed by atoms with Gasteiger partial charge in [-0.15, -0.1) is 0 Å². The van der Waals surface area contributed by atoms with Gasteiger partial charge in [-0.25, -0.2) is 9.97 Å². The molecule has 4 aromatic heterocycles. The lowest BCUT2D eigenvalue weighted by Crippen LogP contribution is -2.01.